The summed E-state index contributed by atoms with van der Waals surface area (Å²) in [5.41, 5.74) is 6.16. The summed E-state index contributed by atoms with van der Waals surface area (Å²) in [5.74, 6) is 0. The highest BCUT2D eigenvalue weighted by atomic mass is 35.5. The van der Waals surface area contributed by atoms with E-state index in [-0.39, 0.29) is 12.4 Å². The lowest BCUT2D eigenvalue weighted by molar-refractivity contribution is 0.221. The Labute approximate surface area is 114 Å². The predicted molar refractivity (Wildman–Crippen MR) is 76.7 cm³/mol. The summed E-state index contributed by atoms with van der Waals surface area (Å²) < 4.78 is 0. The maximum Gasteiger partial charge on any atom is 0.180 e. The van der Waals surface area contributed by atoms with Gasteiger partial charge in [0.15, 0.2) is 5.13 Å². The number of hydrogen-bond donors (Lipinski definition) is 1. The standard InChI is InChI=1S/C12H21N3S.ClH/c1-12(2)5-4-9(6-12)15(3)8-10-7-14-11(13)16-10;/h7,9H,4-6,8H2,1-3H3,(H2,13,14);1H. The topological polar surface area (TPSA) is 42.2 Å². The molecule has 0 amide bonds. The van der Waals surface area contributed by atoms with Gasteiger partial charge >= 0.3 is 0 Å². The maximum atomic E-state index is 5.64. The molecule has 0 radical (unpaired) electrons. The van der Waals surface area contributed by atoms with Crippen LogP contribution in [0, 0.1) is 5.41 Å². The number of thiazole rings is 1. The molecule has 0 aromatic carbocycles. The first-order valence-corrected chi connectivity index (χ1v) is 6.68. The quantitative estimate of drug-likeness (QED) is 0.921. The lowest BCUT2D eigenvalue weighted by Crippen LogP contribution is -2.29. The summed E-state index contributed by atoms with van der Waals surface area (Å²) in [5, 5.41) is 0.676. The molecule has 2 N–H and O–H groups in total. The second-order valence-electron chi connectivity index (χ2n) is 5.64. The van der Waals surface area contributed by atoms with Crippen LogP contribution in [0.2, 0.25) is 0 Å². The van der Waals surface area contributed by atoms with Crippen molar-refractivity contribution >= 4 is 28.9 Å². The molecular formula is C12H22ClN3S. The van der Waals surface area contributed by atoms with Gasteiger partial charge < -0.3 is 5.73 Å². The van der Waals surface area contributed by atoms with Crippen LogP contribution in [-0.4, -0.2) is 23.0 Å². The van der Waals surface area contributed by atoms with E-state index in [1.54, 1.807) is 11.3 Å². The van der Waals surface area contributed by atoms with Crippen molar-refractivity contribution in [1.82, 2.24) is 9.88 Å². The van der Waals surface area contributed by atoms with Crippen LogP contribution in [0.15, 0.2) is 6.20 Å². The monoisotopic (exact) mass is 275 g/mol. The van der Waals surface area contributed by atoms with Crippen molar-refractivity contribution in [3.63, 3.8) is 0 Å². The average molecular weight is 276 g/mol. The Hall–Kier alpha value is -0.320. The molecule has 3 nitrogen and oxygen atoms in total. The Bertz CT molecular complexity index is 364. The molecule has 1 heterocycles. The van der Waals surface area contributed by atoms with E-state index in [1.165, 1.54) is 24.1 Å². The van der Waals surface area contributed by atoms with E-state index in [0.29, 0.717) is 10.5 Å². The molecule has 2 rings (SSSR count). The molecule has 1 unspecified atom stereocenters. The molecule has 0 saturated heterocycles. The number of rotatable bonds is 3. The summed E-state index contributed by atoms with van der Waals surface area (Å²) in [6, 6.07) is 0.721. The van der Waals surface area contributed by atoms with Crippen molar-refractivity contribution in [1.29, 1.82) is 0 Å². The summed E-state index contributed by atoms with van der Waals surface area (Å²) in [6.45, 7) is 5.71. The molecule has 1 saturated carbocycles. The van der Waals surface area contributed by atoms with Gasteiger partial charge in [0.25, 0.3) is 0 Å². The molecule has 1 fully saturated rings. The molecule has 1 aliphatic rings. The number of nitrogen functional groups attached to an aromatic ring is 1. The van der Waals surface area contributed by atoms with Crippen molar-refractivity contribution in [3.05, 3.63) is 11.1 Å². The molecule has 0 aliphatic heterocycles. The summed E-state index contributed by atoms with van der Waals surface area (Å²) >= 11 is 1.60. The maximum absolute atomic E-state index is 5.64. The molecule has 0 bridgehead atoms. The Balaban J connectivity index is 0.00000144. The van der Waals surface area contributed by atoms with Gasteiger partial charge in [-0.2, -0.15) is 0 Å². The second-order valence-corrected chi connectivity index (χ2v) is 6.79. The van der Waals surface area contributed by atoms with Crippen LogP contribution in [0.1, 0.15) is 38.0 Å². The normalized spacial score (nSPS) is 22.7. The minimum atomic E-state index is 0. The van der Waals surface area contributed by atoms with Crippen molar-refractivity contribution < 1.29 is 0 Å². The minimum absolute atomic E-state index is 0. The lowest BCUT2D eigenvalue weighted by Gasteiger charge is -2.25. The third-order valence-corrected chi connectivity index (χ3v) is 4.35. The number of anilines is 1. The van der Waals surface area contributed by atoms with Crippen LogP contribution in [0.3, 0.4) is 0 Å². The fourth-order valence-corrected chi connectivity index (χ4v) is 3.29. The molecule has 5 heteroatoms. The van der Waals surface area contributed by atoms with E-state index in [2.05, 4.69) is 30.8 Å². The molecular weight excluding hydrogens is 254 g/mol. The highest BCUT2D eigenvalue weighted by Gasteiger charge is 2.32. The third-order valence-electron chi connectivity index (χ3n) is 3.54. The summed E-state index contributed by atoms with van der Waals surface area (Å²) in [4.78, 5) is 7.81. The van der Waals surface area contributed by atoms with Gasteiger partial charge in [0, 0.05) is 23.7 Å². The van der Waals surface area contributed by atoms with Crippen molar-refractivity contribution in [2.45, 2.75) is 45.7 Å². The fraction of sp³-hybridized carbons (Fsp3) is 0.750. The number of hydrogen-bond acceptors (Lipinski definition) is 4. The van der Waals surface area contributed by atoms with E-state index in [1.807, 2.05) is 6.20 Å². The average Bonchev–Trinajstić information content (AvgIpc) is 2.72. The van der Waals surface area contributed by atoms with Crippen LogP contribution >= 0.6 is 23.7 Å². The summed E-state index contributed by atoms with van der Waals surface area (Å²) in [7, 11) is 2.21. The zero-order valence-electron chi connectivity index (χ0n) is 10.8. The van der Waals surface area contributed by atoms with E-state index in [0.717, 1.165) is 12.6 Å². The fourth-order valence-electron chi connectivity index (χ4n) is 2.55. The van der Waals surface area contributed by atoms with Crippen molar-refractivity contribution in [2.24, 2.45) is 5.41 Å². The van der Waals surface area contributed by atoms with Crippen LogP contribution < -0.4 is 5.73 Å². The van der Waals surface area contributed by atoms with E-state index >= 15 is 0 Å². The Morgan fingerprint density at radius 1 is 1.59 bits per heavy atom. The van der Waals surface area contributed by atoms with Crippen LogP contribution in [0.25, 0.3) is 0 Å². The number of aromatic nitrogens is 1. The smallest absolute Gasteiger partial charge is 0.180 e. The first-order chi connectivity index (χ1) is 7.46. The van der Waals surface area contributed by atoms with Gasteiger partial charge in [-0.1, -0.05) is 13.8 Å². The van der Waals surface area contributed by atoms with Gasteiger partial charge in [0.2, 0.25) is 0 Å². The largest absolute Gasteiger partial charge is 0.375 e. The lowest BCUT2D eigenvalue weighted by atomic mass is 9.91. The highest BCUT2D eigenvalue weighted by Crippen LogP contribution is 2.39. The van der Waals surface area contributed by atoms with Gasteiger partial charge in [0.1, 0.15) is 0 Å². The third kappa shape index (κ3) is 3.83. The molecule has 98 valence electrons. The Morgan fingerprint density at radius 2 is 2.29 bits per heavy atom. The van der Waals surface area contributed by atoms with E-state index in [9.17, 15) is 0 Å². The molecule has 1 atom stereocenters. The van der Waals surface area contributed by atoms with Crippen molar-refractivity contribution in [3.8, 4) is 0 Å². The Kier molecular flexibility index (Phi) is 4.81. The highest BCUT2D eigenvalue weighted by molar-refractivity contribution is 7.15. The first-order valence-electron chi connectivity index (χ1n) is 5.87. The van der Waals surface area contributed by atoms with Gasteiger partial charge in [-0.3, -0.25) is 4.90 Å². The zero-order valence-corrected chi connectivity index (χ0v) is 12.4. The van der Waals surface area contributed by atoms with Gasteiger partial charge in [0.05, 0.1) is 0 Å². The minimum Gasteiger partial charge on any atom is -0.375 e. The van der Waals surface area contributed by atoms with E-state index in [4.69, 9.17) is 5.73 Å². The summed E-state index contributed by atoms with van der Waals surface area (Å²) in [6.07, 6.45) is 5.86. The number of nitrogens with zero attached hydrogens (tertiary/aromatic N) is 2. The SMILES string of the molecule is CN(Cc1cnc(N)s1)C1CCC(C)(C)C1.Cl. The molecule has 0 spiro atoms. The van der Waals surface area contributed by atoms with Crippen LogP contribution in [0.5, 0.6) is 0 Å². The van der Waals surface area contributed by atoms with Gasteiger partial charge in [-0.05, 0) is 31.7 Å². The van der Waals surface area contributed by atoms with E-state index < -0.39 is 0 Å². The van der Waals surface area contributed by atoms with Crippen LogP contribution in [-0.2, 0) is 6.54 Å². The predicted octanol–water partition coefficient (Wildman–Crippen LogP) is 3.16. The van der Waals surface area contributed by atoms with Gasteiger partial charge in [-0.15, -0.1) is 23.7 Å². The van der Waals surface area contributed by atoms with Crippen LogP contribution in [0.4, 0.5) is 5.13 Å². The zero-order chi connectivity index (χ0) is 11.8. The number of nitrogens with two attached hydrogens (primary N) is 1. The molecule has 1 aromatic heterocycles. The Morgan fingerprint density at radius 3 is 2.76 bits per heavy atom. The first kappa shape index (κ1) is 14.7. The molecule has 1 aromatic rings. The molecule has 1 aliphatic carbocycles. The number of halogens is 1. The van der Waals surface area contributed by atoms with Crippen molar-refractivity contribution in [2.75, 3.05) is 12.8 Å². The second kappa shape index (κ2) is 5.55. The van der Waals surface area contributed by atoms with Gasteiger partial charge in [-0.25, -0.2) is 4.98 Å². The molecule has 17 heavy (non-hydrogen) atoms.